The monoisotopic (exact) mass is 260 g/mol. The molecular weight excluding hydrogens is 244 g/mol. The molecule has 4 heteroatoms. The lowest BCUT2D eigenvalue weighted by atomic mass is 10.2. The molecule has 0 aliphatic rings. The van der Waals surface area contributed by atoms with Gasteiger partial charge in [-0.05, 0) is 31.4 Å². The van der Waals surface area contributed by atoms with E-state index in [0.29, 0.717) is 6.42 Å². The SMILES string of the molecule is Cc1cc(C)n(Cc2sccc2C#CCCO)n1. The van der Waals surface area contributed by atoms with Crippen molar-refractivity contribution in [2.24, 2.45) is 0 Å². The summed E-state index contributed by atoms with van der Waals surface area (Å²) in [5.41, 5.74) is 3.24. The molecule has 0 bridgehead atoms. The maximum absolute atomic E-state index is 8.72. The van der Waals surface area contributed by atoms with Gasteiger partial charge in [0.05, 0.1) is 18.8 Å². The van der Waals surface area contributed by atoms with E-state index < -0.39 is 0 Å². The first-order valence-electron chi connectivity index (χ1n) is 5.88. The standard InChI is InChI=1S/C14H16N2OS/c1-11-9-12(2)16(15-11)10-14-13(6-8-18-14)5-3-4-7-17/h6,8-9,17H,4,7,10H2,1-2H3. The van der Waals surface area contributed by atoms with E-state index in [1.54, 1.807) is 11.3 Å². The van der Waals surface area contributed by atoms with Crippen LogP contribution in [0.4, 0.5) is 0 Å². The zero-order valence-corrected chi connectivity index (χ0v) is 11.4. The first kappa shape index (κ1) is 12.9. The van der Waals surface area contributed by atoms with Gasteiger partial charge in [0.15, 0.2) is 0 Å². The summed E-state index contributed by atoms with van der Waals surface area (Å²) < 4.78 is 2.00. The summed E-state index contributed by atoms with van der Waals surface area (Å²) in [6, 6.07) is 4.10. The molecule has 2 aromatic rings. The average molecular weight is 260 g/mol. The molecule has 2 heterocycles. The Morgan fingerprint density at radius 3 is 2.94 bits per heavy atom. The van der Waals surface area contributed by atoms with Crippen LogP contribution in [0.3, 0.4) is 0 Å². The Kier molecular flexibility index (Phi) is 4.19. The predicted octanol–water partition coefficient (Wildman–Crippen LogP) is 2.34. The van der Waals surface area contributed by atoms with E-state index in [0.717, 1.165) is 23.5 Å². The van der Waals surface area contributed by atoms with Crippen molar-refractivity contribution in [1.29, 1.82) is 0 Å². The van der Waals surface area contributed by atoms with Gasteiger partial charge >= 0.3 is 0 Å². The number of hydrogen-bond acceptors (Lipinski definition) is 3. The van der Waals surface area contributed by atoms with Crippen LogP contribution in [0.25, 0.3) is 0 Å². The van der Waals surface area contributed by atoms with E-state index >= 15 is 0 Å². The molecule has 0 atom stereocenters. The lowest BCUT2D eigenvalue weighted by Crippen LogP contribution is -2.03. The van der Waals surface area contributed by atoms with Crippen LogP contribution in [0.2, 0.25) is 0 Å². The number of hydrogen-bond donors (Lipinski definition) is 1. The van der Waals surface area contributed by atoms with Crippen molar-refractivity contribution in [3.63, 3.8) is 0 Å². The highest BCUT2D eigenvalue weighted by molar-refractivity contribution is 7.10. The number of rotatable bonds is 3. The van der Waals surface area contributed by atoms with Gasteiger partial charge in [0.2, 0.25) is 0 Å². The van der Waals surface area contributed by atoms with Crippen LogP contribution in [-0.4, -0.2) is 21.5 Å². The van der Waals surface area contributed by atoms with E-state index in [2.05, 4.69) is 29.9 Å². The van der Waals surface area contributed by atoms with Gasteiger partial charge in [-0.15, -0.1) is 11.3 Å². The number of aryl methyl sites for hydroxylation is 2. The van der Waals surface area contributed by atoms with E-state index in [1.165, 1.54) is 4.88 Å². The molecule has 2 rings (SSSR count). The minimum Gasteiger partial charge on any atom is -0.395 e. The quantitative estimate of drug-likeness (QED) is 0.860. The van der Waals surface area contributed by atoms with Crippen LogP contribution in [0, 0.1) is 25.7 Å². The summed E-state index contributed by atoms with van der Waals surface area (Å²) in [6.07, 6.45) is 0.523. The zero-order chi connectivity index (χ0) is 13.0. The Labute approximate surface area is 111 Å². The Morgan fingerprint density at radius 1 is 1.44 bits per heavy atom. The number of nitrogens with zero attached hydrogens (tertiary/aromatic N) is 2. The molecular formula is C14H16N2OS. The fourth-order valence-electron chi connectivity index (χ4n) is 1.76. The predicted molar refractivity (Wildman–Crippen MR) is 73.7 cm³/mol. The minimum absolute atomic E-state index is 0.115. The first-order chi connectivity index (χ1) is 8.70. The Morgan fingerprint density at radius 2 is 2.28 bits per heavy atom. The van der Waals surface area contributed by atoms with E-state index in [1.807, 2.05) is 23.1 Å². The van der Waals surface area contributed by atoms with Gasteiger partial charge in [-0.3, -0.25) is 4.68 Å². The van der Waals surface area contributed by atoms with Gasteiger partial charge < -0.3 is 5.11 Å². The molecule has 3 nitrogen and oxygen atoms in total. The van der Waals surface area contributed by atoms with Gasteiger partial charge in [-0.25, -0.2) is 0 Å². The van der Waals surface area contributed by atoms with Gasteiger partial charge in [0.1, 0.15) is 0 Å². The average Bonchev–Trinajstić information content (AvgIpc) is 2.88. The molecule has 18 heavy (non-hydrogen) atoms. The molecule has 0 aliphatic carbocycles. The summed E-state index contributed by atoms with van der Waals surface area (Å²) in [5, 5.41) is 15.2. The normalized spacial score (nSPS) is 10.2. The highest BCUT2D eigenvalue weighted by atomic mass is 32.1. The van der Waals surface area contributed by atoms with Crippen molar-refractivity contribution >= 4 is 11.3 Å². The molecule has 1 N–H and O–H groups in total. The first-order valence-corrected chi connectivity index (χ1v) is 6.76. The number of aliphatic hydroxyl groups excluding tert-OH is 1. The minimum atomic E-state index is 0.115. The molecule has 0 saturated carbocycles. The van der Waals surface area contributed by atoms with E-state index in [-0.39, 0.29) is 6.61 Å². The van der Waals surface area contributed by atoms with Gasteiger partial charge in [0.25, 0.3) is 0 Å². The van der Waals surface area contributed by atoms with Gasteiger partial charge in [0, 0.05) is 22.6 Å². The van der Waals surface area contributed by atoms with E-state index in [4.69, 9.17) is 5.11 Å². The summed E-state index contributed by atoms with van der Waals surface area (Å²) in [5.74, 6) is 6.06. The van der Waals surface area contributed by atoms with Crippen LogP contribution < -0.4 is 0 Å². The third kappa shape index (κ3) is 3.00. The van der Waals surface area contributed by atoms with Crippen LogP contribution >= 0.6 is 11.3 Å². The molecule has 0 aromatic carbocycles. The fraction of sp³-hybridized carbons (Fsp3) is 0.357. The van der Waals surface area contributed by atoms with Crippen molar-refractivity contribution in [3.05, 3.63) is 39.3 Å². The zero-order valence-electron chi connectivity index (χ0n) is 10.6. The molecule has 0 aliphatic heterocycles. The number of aliphatic hydroxyl groups is 1. The van der Waals surface area contributed by atoms with Crippen molar-refractivity contribution < 1.29 is 5.11 Å². The summed E-state index contributed by atoms with van der Waals surface area (Å²) in [4.78, 5) is 1.21. The third-order valence-corrected chi connectivity index (χ3v) is 3.51. The molecule has 94 valence electrons. The highest BCUT2D eigenvalue weighted by Crippen LogP contribution is 2.18. The van der Waals surface area contributed by atoms with Gasteiger partial charge in [-0.1, -0.05) is 11.8 Å². The largest absolute Gasteiger partial charge is 0.395 e. The maximum Gasteiger partial charge on any atom is 0.0767 e. The molecule has 0 amide bonds. The maximum atomic E-state index is 8.72. The smallest absolute Gasteiger partial charge is 0.0767 e. The second-order valence-corrected chi connectivity index (χ2v) is 5.12. The second kappa shape index (κ2) is 5.85. The van der Waals surface area contributed by atoms with Gasteiger partial charge in [-0.2, -0.15) is 5.10 Å². The molecule has 0 fully saturated rings. The molecule has 2 aromatic heterocycles. The molecule has 0 unspecified atom stereocenters. The van der Waals surface area contributed by atoms with Crippen molar-refractivity contribution in [2.75, 3.05) is 6.61 Å². The third-order valence-electron chi connectivity index (χ3n) is 2.60. The number of aromatic nitrogens is 2. The number of thiophene rings is 1. The highest BCUT2D eigenvalue weighted by Gasteiger charge is 2.06. The lowest BCUT2D eigenvalue weighted by Gasteiger charge is -2.02. The fourth-order valence-corrected chi connectivity index (χ4v) is 2.57. The second-order valence-electron chi connectivity index (χ2n) is 4.12. The molecule has 0 radical (unpaired) electrons. The van der Waals surface area contributed by atoms with E-state index in [9.17, 15) is 0 Å². The molecule has 0 spiro atoms. The Balaban J connectivity index is 2.18. The Bertz CT molecular complexity index is 586. The lowest BCUT2D eigenvalue weighted by molar-refractivity contribution is 0.305. The van der Waals surface area contributed by atoms with Crippen molar-refractivity contribution in [3.8, 4) is 11.8 Å². The Hall–Kier alpha value is -1.57. The summed E-state index contributed by atoms with van der Waals surface area (Å²) in [7, 11) is 0. The summed E-state index contributed by atoms with van der Waals surface area (Å²) in [6.45, 7) is 4.94. The van der Waals surface area contributed by atoms with Crippen LogP contribution in [0.5, 0.6) is 0 Å². The van der Waals surface area contributed by atoms with Crippen LogP contribution in [0.15, 0.2) is 17.5 Å². The van der Waals surface area contributed by atoms with Crippen LogP contribution in [0.1, 0.15) is 28.2 Å². The van der Waals surface area contributed by atoms with Crippen molar-refractivity contribution in [1.82, 2.24) is 9.78 Å². The molecule has 0 saturated heterocycles. The topological polar surface area (TPSA) is 38.0 Å². The van der Waals surface area contributed by atoms with Crippen LogP contribution in [-0.2, 0) is 6.54 Å². The summed E-state index contributed by atoms with van der Waals surface area (Å²) >= 11 is 1.69. The van der Waals surface area contributed by atoms with Crippen molar-refractivity contribution in [2.45, 2.75) is 26.8 Å².